The van der Waals surface area contributed by atoms with Gasteiger partial charge in [-0.25, -0.2) is 4.98 Å². The van der Waals surface area contributed by atoms with Gasteiger partial charge in [-0.1, -0.05) is 0 Å². The van der Waals surface area contributed by atoms with Crippen molar-refractivity contribution in [2.24, 2.45) is 13.0 Å². The van der Waals surface area contributed by atoms with Gasteiger partial charge in [-0.3, -0.25) is 4.98 Å². The predicted octanol–water partition coefficient (Wildman–Crippen LogP) is 2.94. The Kier molecular flexibility index (Phi) is 5.08. The predicted molar refractivity (Wildman–Crippen MR) is 90.0 cm³/mol. The fourth-order valence-electron chi connectivity index (χ4n) is 3.36. The van der Waals surface area contributed by atoms with Crippen LogP contribution < -0.4 is 5.32 Å². The smallest absolute Gasteiger partial charge is 0.137 e. The van der Waals surface area contributed by atoms with E-state index in [4.69, 9.17) is 4.74 Å². The fraction of sp³-hybridized carbons (Fsp3) is 0.556. The van der Waals surface area contributed by atoms with Crippen LogP contribution in [-0.4, -0.2) is 27.7 Å². The first-order valence-corrected chi connectivity index (χ1v) is 8.39. The van der Waals surface area contributed by atoms with Crippen LogP contribution in [0.2, 0.25) is 0 Å². The Morgan fingerprint density at radius 2 is 2.30 bits per heavy atom. The molecular weight excluding hydrogens is 288 g/mol. The number of hydrogen-bond donors (Lipinski definition) is 1. The van der Waals surface area contributed by atoms with Crippen molar-refractivity contribution < 1.29 is 4.74 Å². The molecule has 2 aromatic heterocycles. The highest BCUT2D eigenvalue weighted by molar-refractivity contribution is 5.24. The van der Waals surface area contributed by atoms with Gasteiger partial charge in [0.25, 0.3) is 0 Å². The highest BCUT2D eigenvalue weighted by atomic mass is 16.5. The average Bonchev–Trinajstić information content (AvgIpc) is 2.99. The molecule has 0 amide bonds. The Balaban J connectivity index is 1.66. The van der Waals surface area contributed by atoms with Crippen LogP contribution in [0.15, 0.2) is 30.9 Å². The number of pyridine rings is 1. The quantitative estimate of drug-likeness (QED) is 0.922. The number of ether oxygens (including phenoxy) is 1. The second kappa shape index (κ2) is 7.23. The van der Waals surface area contributed by atoms with Crippen molar-refractivity contribution in [1.29, 1.82) is 0 Å². The number of aryl methyl sites for hydroxylation is 2. The first-order chi connectivity index (χ1) is 11.2. The van der Waals surface area contributed by atoms with E-state index in [2.05, 4.69) is 39.8 Å². The molecule has 3 atom stereocenters. The van der Waals surface area contributed by atoms with Gasteiger partial charge in [-0.2, -0.15) is 0 Å². The molecule has 0 bridgehead atoms. The van der Waals surface area contributed by atoms with E-state index < -0.39 is 0 Å². The number of aromatic nitrogens is 3. The topological polar surface area (TPSA) is 52.0 Å². The number of imidazole rings is 1. The summed E-state index contributed by atoms with van der Waals surface area (Å²) >= 11 is 0. The monoisotopic (exact) mass is 314 g/mol. The molecule has 5 nitrogen and oxygen atoms in total. The normalized spacial score (nSPS) is 22.9. The van der Waals surface area contributed by atoms with Gasteiger partial charge in [-0.15, -0.1) is 0 Å². The Labute approximate surface area is 138 Å². The first-order valence-electron chi connectivity index (χ1n) is 8.39. The molecule has 124 valence electrons. The van der Waals surface area contributed by atoms with E-state index in [1.165, 1.54) is 17.5 Å². The van der Waals surface area contributed by atoms with Crippen LogP contribution in [0, 0.1) is 12.8 Å². The van der Waals surface area contributed by atoms with Crippen LogP contribution in [0.3, 0.4) is 0 Å². The third kappa shape index (κ3) is 3.62. The van der Waals surface area contributed by atoms with Crippen molar-refractivity contribution >= 4 is 0 Å². The maximum Gasteiger partial charge on any atom is 0.137 e. The van der Waals surface area contributed by atoms with E-state index in [0.29, 0.717) is 5.92 Å². The zero-order valence-electron chi connectivity index (χ0n) is 14.2. The van der Waals surface area contributed by atoms with Gasteiger partial charge in [-0.05, 0) is 43.9 Å². The molecule has 1 unspecified atom stereocenters. The summed E-state index contributed by atoms with van der Waals surface area (Å²) in [4.78, 5) is 8.74. The number of hydrogen-bond acceptors (Lipinski definition) is 4. The van der Waals surface area contributed by atoms with Crippen molar-refractivity contribution in [3.8, 4) is 0 Å². The maximum atomic E-state index is 6.04. The van der Waals surface area contributed by atoms with Crippen LogP contribution in [0.1, 0.15) is 48.9 Å². The van der Waals surface area contributed by atoms with E-state index >= 15 is 0 Å². The maximum absolute atomic E-state index is 6.04. The van der Waals surface area contributed by atoms with Crippen LogP contribution in [-0.2, 0) is 11.8 Å². The molecule has 0 radical (unpaired) electrons. The summed E-state index contributed by atoms with van der Waals surface area (Å²) in [5, 5.41) is 3.66. The number of rotatable bonds is 5. The highest BCUT2D eigenvalue weighted by Gasteiger charge is 2.30. The standard InChI is InChI=1S/C18H26N4O/c1-13-6-7-19-12-16(13)14(2)21-11-15-5-4-10-23-17(15)18-20-8-9-22(18)3/h6-9,12,14-15,17,21H,4-5,10-11H2,1-3H3/t14?,15-,17+/m0/s1. The summed E-state index contributed by atoms with van der Waals surface area (Å²) < 4.78 is 8.11. The molecule has 1 aliphatic heterocycles. The van der Waals surface area contributed by atoms with Gasteiger partial charge in [0.15, 0.2) is 0 Å². The molecule has 0 aliphatic carbocycles. The van der Waals surface area contributed by atoms with Crippen molar-refractivity contribution in [2.75, 3.05) is 13.2 Å². The van der Waals surface area contributed by atoms with Crippen LogP contribution in [0.25, 0.3) is 0 Å². The molecule has 1 fully saturated rings. The Hall–Kier alpha value is -1.72. The molecule has 5 heteroatoms. The van der Waals surface area contributed by atoms with E-state index in [1.807, 2.05) is 31.8 Å². The van der Waals surface area contributed by atoms with Gasteiger partial charge in [0.1, 0.15) is 11.9 Å². The third-order valence-electron chi connectivity index (χ3n) is 4.79. The number of nitrogens with zero attached hydrogens (tertiary/aromatic N) is 3. The van der Waals surface area contributed by atoms with Gasteiger partial charge in [0.2, 0.25) is 0 Å². The summed E-state index contributed by atoms with van der Waals surface area (Å²) in [7, 11) is 2.03. The van der Waals surface area contributed by atoms with E-state index in [0.717, 1.165) is 25.4 Å². The van der Waals surface area contributed by atoms with Crippen molar-refractivity contribution in [2.45, 2.75) is 38.8 Å². The summed E-state index contributed by atoms with van der Waals surface area (Å²) in [6, 6.07) is 2.35. The molecule has 0 aromatic carbocycles. The average molecular weight is 314 g/mol. The Morgan fingerprint density at radius 1 is 1.43 bits per heavy atom. The lowest BCUT2D eigenvalue weighted by Crippen LogP contribution is -2.34. The molecule has 1 N–H and O–H groups in total. The lowest BCUT2D eigenvalue weighted by molar-refractivity contribution is -0.0349. The lowest BCUT2D eigenvalue weighted by Gasteiger charge is -2.32. The minimum absolute atomic E-state index is 0.0819. The van der Waals surface area contributed by atoms with Crippen molar-refractivity contribution in [3.05, 3.63) is 47.8 Å². The van der Waals surface area contributed by atoms with E-state index in [1.54, 1.807) is 0 Å². The van der Waals surface area contributed by atoms with Crippen LogP contribution in [0.4, 0.5) is 0 Å². The number of nitrogens with one attached hydrogen (secondary N) is 1. The zero-order chi connectivity index (χ0) is 16.2. The minimum atomic E-state index is 0.0819. The molecule has 2 aromatic rings. The second-order valence-electron chi connectivity index (χ2n) is 6.45. The molecule has 3 heterocycles. The molecular formula is C18H26N4O. The molecule has 3 rings (SSSR count). The summed E-state index contributed by atoms with van der Waals surface area (Å²) in [5.74, 6) is 1.48. The zero-order valence-corrected chi connectivity index (χ0v) is 14.2. The Morgan fingerprint density at radius 3 is 3.04 bits per heavy atom. The summed E-state index contributed by atoms with van der Waals surface area (Å²) in [6.07, 6.45) is 10.0. The highest BCUT2D eigenvalue weighted by Crippen LogP contribution is 2.32. The van der Waals surface area contributed by atoms with Gasteiger partial charge in [0.05, 0.1) is 0 Å². The largest absolute Gasteiger partial charge is 0.370 e. The molecule has 0 saturated carbocycles. The summed E-state index contributed by atoms with van der Waals surface area (Å²) in [5.41, 5.74) is 2.54. The van der Waals surface area contributed by atoms with Gasteiger partial charge >= 0.3 is 0 Å². The molecule has 1 saturated heterocycles. The van der Waals surface area contributed by atoms with Crippen molar-refractivity contribution in [3.63, 3.8) is 0 Å². The summed E-state index contributed by atoms with van der Waals surface area (Å²) in [6.45, 7) is 6.08. The molecule has 0 spiro atoms. The second-order valence-corrected chi connectivity index (χ2v) is 6.45. The SMILES string of the molecule is Cc1ccncc1C(C)NC[C@@H]1CCCO[C@H]1c1nccn1C. The van der Waals surface area contributed by atoms with Crippen molar-refractivity contribution in [1.82, 2.24) is 19.9 Å². The molecule has 1 aliphatic rings. The third-order valence-corrected chi connectivity index (χ3v) is 4.79. The van der Waals surface area contributed by atoms with Gasteiger partial charge in [0, 0.05) is 56.9 Å². The van der Waals surface area contributed by atoms with Crippen LogP contribution >= 0.6 is 0 Å². The molecule has 23 heavy (non-hydrogen) atoms. The van der Waals surface area contributed by atoms with E-state index in [9.17, 15) is 0 Å². The lowest BCUT2D eigenvalue weighted by atomic mass is 9.93. The first kappa shape index (κ1) is 16.1. The fourth-order valence-corrected chi connectivity index (χ4v) is 3.36. The van der Waals surface area contributed by atoms with Gasteiger partial charge < -0.3 is 14.6 Å². The van der Waals surface area contributed by atoms with E-state index in [-0.39, 0.29) is 12.1 Å². The minimum Gasteiger partial charge on any atom is -0.370 e. The Bertz CT molecular complexity index is 639. The van der Waals surface area contributed by atoms with Crippen LogP contribution in [0.5, 0.6) is 0 Å².